The molecular formula is C19H26O10. The van der Waals surface area contributed by atoms with Crippen LogP contribution in [-0.2, 0) is 42.9 Å². The lowest BCUT2D eigenvalue weighted by Crippen LogP contribution is -2.65. The number of ketones is 1. The predicted molar refractivity (Wildman–Crippen MR) is 96.0 cm³/mol. The van der Waals surface area contributed by atoms with Crippen LogP contribution in [0.25, 0.3) is 0 Å². The minimum Gasteiger partial charge on any atom is -0.469 e. The zero-order chi connectivity index (χ0) is 22.5. The second kappa shape index (κ2) is 9.64. The molecule has 1 fully saturated rings. The van der Waals surface area contributed by atoms with Gasteiger partial charge in [0.2, 0.25) is 0 Å². The average molecular weight is 414 g/mol. The molecule has 1 rings (SSSR count). The summed E-state index contributed by atoms with van der Waals surface area (Å²) in [6.45, 7) is 3.27. The van der Waals surface area contributed by atoms with Crippen molar-refractivity contribution in [2.24, 2.45) is 23.7 Å². The number of Topliss-reactive ketones (excluding diaryl/α,β-unsaturated/α-hetero) is 1. The van der Waals surface area contributed by atoms with Gasteiger partial charge in [-0.15, -0.1) is 0 Å². The van der Waals surface area contributed by atoms with Gasteiger partial charge in [-0.3, -0.25) is 24.0 Å². The molecule has 1 saturated carbocycles. The number of hydrogen-bond acceptors (Lipinski definition) is 10. The molecule has 0 unspecified atom stereocenters. The lowest BCUT2D eigenvalue weighted by Gasteiger charge is -2.47. The minimum atomic E-state index is -2.37. The summed E-state index contributed by atoms with van der Waals surface area (Å²) in [6, 6.07) is 0. The molecule has 0 saturated heterocycles. The van der Waals surface area contributed by atoms with E-state index in [1.54, 1.807) is 13.8 Å². The molecule has 162 valence electrons. The largest absolute Gasteiger partial charge is 0.469 e. The fourth-order valence-electron chi connectivity index (χ4n) is 3.69. The van der Waals surface area contributed by atoms with E-state index in [-0.39, 0.29) is 0 Å². The highest BCUT2D eigenvalue weighted by atomic mass is 16.5. The standard InChI is InChI=1S/C19H26O10/c1-9(2)7-10-12(16(22)27-4)15(21)13(17(23)28-5)14(18(24)29-6)19(10,25)8-11(20)26-3/h7,10,12-14,25H,8H2,1-6H3/t10-,12+,13+,14+,19-/m0/s1. The van der Waals surface area contributed by atoms with Crippen LogP contribution in [0.4, 0.5) is 0 Å². The third kappa shape index (κ3) is 4.64. The molecule has 0 radical (unpaired) electrons. The summed E-state index contributed by atoms with van der Waals surface area (Å²) in [6.07, 6.45) is 0.595. The molecule has 29 heavy (non-hydrogen) atoms. The zero-order valence-electron chi connectivity index (χ0n) is 17.2. The van der Waals surface area contributed by atoms with Crippen LogP contribution < -0.4 is 0 Å². The molecule has 0 amide bonds. The van der Waals surface area contributed by atoms with Gasteiger partial charge in [0.05, 0.1) is 40.5 Å². The lowest BCUT2D eigenvalue weighted by atomic mass is 9.57. The topological polar surface area (TPSA) is 142 Å². The molecule has 1 N–H and O–H groups in total. The third-order valence-corrected chi connectivity index (χ3v) is 4.95. The second-order valence-electron chi connectivity index (χ2n) is 6.92. The molecule has 10 heteroatoms. The summed E-state index contributed by atoms with van der Waals surface area (Å²) in [5, 5.41) is 11.6. The molecule has 0 heterocycles. The number of carbonyl (C=O) groups is 5. The SMILES string of the molecule is COC(=O)C[C@]1(O)[C@@H](C=C(C)C)[C@@H](C(=O)OC)C(=O)[C@H](C(=O)OC)[C@@H]1C(=O)OC. The number of esters is 4. The molecule has 0 aliphatic heterocycles. The number of carbonyl (C=O) groups excluding carboxylic acids is 5. The van der Waals surface area contributed by atoms with E-state index in [0.717, 1.165) is 28.4 Å². The summed E-state index contributed by atoms with van der Waals surface area (Å²) in [5.74, 6) is -11.9. The van der Waals surface area contributed by atoms with Gasteiger partial charge in [-0.1, -0.05) is 11.6 Å². The van der Waals surface area contributed by atoms with Gasteiger partial charge in [0.25, 0.3) is 0 Å². The van der Waals surface area contributed by atoms with E-state index in [0.29, 0.717) is 5.57 Å². The average Bonchev–Trinajstić information content (AvgIpc) is 2.68. The second-order valence-corrected chi connectivity index (χ2v) is 6.92. The first kappa shape index (κ1) is 24.3. The van der Waals surface area contributed by atoms with Crippen LogP contribution in [0.5, 0.6) is 0 Å². The fraction of sp³-hybridized carbons (Fsp3) is 0.632. The smallest absolute Gasteiger partial charge is 0.317 e. The Morgan fingerprint density at radius 3 is 1.79 bits per heavy atom. The van der Waals surface area contributed by atoms with Crippen LogP contribution in [0.3, 0.4) is 0 Å². The molecule has 0 aromatic carbocycles. The Hall–Kier alpha value is -2.75. The van der Waals surface area contributed by atoms with Crippen LogP contribution in [-0.4, -0.2) is 68.8 Å². The summed E-state index contributed by atoms with van der Waals surface area (Å²) in [7, 11) is 4.09. The Balaban J connectivity index is 3.89. The molecule has 1 aliphatic rings. The monoisotopic (exact) mass is 414 g/mol. The van der Waals surface area contributed by atoms with E-state index in [1.807, 2.05) is 0 Å². The normalized spacial score (nSPS) is 28.7. The minimum absolute atomic E-state index is 0.583. The first-order valence-corrected chi connectivity index (χ1v) is 8.71. The maximum atomic E-state index is 13.1. The van der Waals surface area contributed by atoms with Gasteiger partial charge in [-0.05, 0) is 13.8 Å². The van der Waals surface area contributed by atoms with Crippen molar-refractivity contribution in [2.45, 2.75) is 25.9 Å². The van der Waals surface area contributed by atoms with Gasteiger partial charge >= 0.3 is 23.9 Å². The highest BCUT2D eigenvalue weighted by Crippen LogP contribution is 2.48. The zero-order valence-corrected chi connectivity index (χ0v) is 17.2. The number of aliphatic hydroxyl groups is 1. The molecule has 0 aromatic rings. The molecule has 0 spiro atoms. The Morgan fingerprint density at radius 1 is 0.897 bits per heavy atom. The quantitative estimate of drug-likeness (QED) is 0.269. The summed E-state index contributed by atoms with van der Waals surface area (Å²) in [5.41, 5.74) is -1.79. The maximum Gasteiger partial charge on any atom is 0.317 e. The van der Waals surface area contributed by atoms with Crippen molar-refractivity contribution < 1.29 is 48.0 Å². The Labute approximate surface area is 168 Å². The van der Waals surface area contributed by atoms with E-state index < -0.39 is 65.4 Å². The van der Waals surface area contributed by atoms with Crippen molar-refractivity contribution >= 4 is 29.7 Å². The van der Waals surface area contributed by atoms with Gasteiger partial charge in [0, 0.05) is 5.92 Å². The fourth-order valence-corrected chi connectivity index (χ4v) is 3.69. The van der Waals surface area contributed by atoms with Crippen molar-refractivity contribution in [1.82, 2.24) is 0 Å². The molecular weight excluding hydrogens is 388 g/mol. The van der Waals surface area contributed by atoms with Crippen LogP contribution in [0, 0.1) is 23.7 Å². The number of methoxy groups -OCH3 is 4. The van der Waals surface area contributed by atoms with Crippen molar-refractivity contribution in [3.05, 3.63) is 11.6 Å². The number of hydrogen-bond donors (Lipinski definition) is 1. The van der Waals surface area contributed by atoms with Gasteiger partial charge in [-0.25, -0.2) is 0 Å². The van der Waals surface area contributed by atoms with Crippen LogP contribution >= 0.6 is 0 Å². The van der Waals surface area contributed by atoms with E-state index in [2.05, 4.69) is 9.47 Å². The Morgan fingerprint density at radius 2 is 1.38 bits per heavy atom. The van der Waals surface area contributed by atoms with Crippen LogP contribution in [0.1, 0.15) is 20.3 Å². The van der Waals surface area contributed by atoms with Gasteiger partial charge < -0.3 is 24.1 Å². The predicted octanol–water partition coefficient (Wildman–Crippen LogP) is -0.187. The van der Waals surface area contributed by atoms with Crippen molar-refractivity contribution in [3.8, 4) is 0 Å². The first-order chi connectivity index (χ1) is 13.5. The number of allylic oxidation sites excluding steroid dienone is 1. The third-order valence-electron chi connectivity index (χ3n) is 4.95. The Bertz CT molecular complexity index is 721. The van der Waals surface area contributed by atoms with Crippen molar-refractivity contribution in [2.75, 3.05) is 28.4 Å². The molecule has 0 aromatic heterocycles. The van der Waals surface area contributed by atoms with Crippen molar-refractivity contribution in [3.63, 3.8) is 0 Å². The van der Waals surface area contributed by atoms with Crippen LogP contribution in [0.15, 0.2) is 11.6 Å². The highest BCUT2D eigenvalue weighted by molar-refractivity contribution is 6.12. The van der Waals surface area contributed by atoms with Crippen molar-refractivity contribution in [1.29, 1.82) is 0 Å². The summed E-state index contributed by atoms with van der Waals surface area (Å²) in [4.78, 5) is 62.6. The van der Waals surface area contributed by atoms with Gasteiger partial charge in [0.15, 0.2) is 5.78 Å². The molecule has 5 atom stereocenters. The highest BCUT2D eigenvalue weighted by Gasteiger charge is 2.65. The van der Waals surface area contributed by atoms with Gasteiger partial charge in [-0.2, -0.15) is 0 Å². The van der Waals surface area contributed by atoms with E-state index in [9.17, 15) is 29.1 Å². The summed E-state index contributed by atoms with van der Waals surface area (Å²) >= 11 is 0. The summed E-state index contributed by atoms with van der Waals surface area (Å²) < 4.78 is 18.6. The Kier molecular flexibility index (Phi) is 8.07. The molecule has 1 aliphatic carbocycles. The van der Waals surface area contributed by atoms with E-state index in [1.165, 1.54) is 6.08 Å². The van der Waals surface area contributed by atoms with Gasteiger partial charge in [0.1, 0.15) is 17.8 Å². The first-order valence-electron chi connectivity index (χ1n) is 8.71. The van der Waals surface area contributed by atoms with E-state index in [4.69, 9.17) is 9.47 Å². The number of rotatable bonds is 6. The van der Waals surface area contributed by atoms with Crippen LogP contribution in [0.2, 0.25) is 0 Å². The molecule has 10 nitrogen and oxygen atoms in total. The maximum absolute atomic E-state index is 13.1. The number of ether oxygens (including phenoxy) is 4. The molecule has 0 bridgehead atoms. The van der Waals surface area contributed by atoms with E-state index >= 15 is 0 Å². The lowest BCUT2D eigenvalue weighted by molar-refractivity contribution is -0.197.